The van der Waals surface area contributed by atoms with Gasteiger partial charge in [-0.25, -0.2) is 0 Å². The van der Waals surface area contributed by atoms with E-state index in [1.165, 1.54) is 55.4 Å². The van der Waals surface area contributed by atoms with Crippen molar-refractivity contribution >= 4 is 23.0 Å². The molecule has 1 aromatic heterocycles. The fourth-order valence-corrected chi connectivity index (χ4v) is 9.35. The second-order valence-corrected chi connectivity index (χ2v) is 13.2. The first-order valence-corrected chi connectivity index (χ1v) is 15.0. The molecule has 3 N–H and O–H groups in total. The van der Waals surface area contributed by atoms with Gasteiger partial charge in [-0.2, -0.15) is 0 Å². The zero-order valence-corrected chi connectivity index (χ0v) is 23.5. The normalized spacial score (nSPS) is 29.3. The van der Waals surface area contributed by atoms with Gasteiger partial charge in [-0.1, -0.05) is 6.07 Å². The zero-order chi connectivity index (χ0) is 26.7. The number of nitrogens with one attached hydrogen (secondary N) is 2. The van der Waals surface area contributed by atoms with Crippen molar-refractivity contribution in [2.45, 2.75) is 50.4 Å². The highest BCUT2D eigenvalue weighted by Gasteiger charge is 2.52. The maximum absolute atomic E-state index is 12.9. The zero-order valence-electron chi connectivity index (χ0n) is 22.6. The molecule has 0 radical (unpaired) electrons. The van der Waals surface area contributed by atoms with E-state index in [4.69, 9.17) is 9.47 Å². The molecule has 0 atom stereocenters. The van der Waals surface area contributed by atoms with Crippen LogP contribution in [-0.4, -0.2) is 37.4 Å². The summed E-state index contributed by atoms with van der Waals surface area (Å²) in [5, 5.41) is 14.5. The van der Waals surface area contributed by atoms with Crippen molar-refractivity contribution in [3.05, 3.63) is 61.0 Å². The summed E-state index contributed by atoms with van der Waals surface area (Å²) in [6.45, 7) is 1.76. The maximum Gasteiger partial charge on any atom is 0.266 e. The molecular formula is C32H36N2O4S. The third-order valence-corrected chi connectivity index (χ3v) is 10.8. The van der Waals surface area contributed by atoms with Crippen LogP contribution in [0.1, 0.15) is 56.1 Å². The molecular weight excluding hydrogens is 508 g/mol. The Morgan fingerprint density at radius 1 is 1.00 bits per heavy atom. The Kier molecular flexibility index (Phi) is 6.12. The summed E-state index contributed by atoms with van der Waals surface area (Å²) >= 11 is 1.50. The molecule has 39 heavy (non-hydrogen) atoms. The molecule has 204 valence electrons. The number of thiazole rings is 1. The molecule has 1 saturated heterocycles. The molecule has 3 aromatic rings. The van der Waals surface area contributed by atoms with E-state index in [1.807, 2.05) is 24.3 Å². The van der Waals surface area contributed by atoms with Crippen LogP contribution in [0.2, 0.25) is 0 Å². The van der Waals surface area contributed by atoms with Crippen LogP contribution in [0.3, 0.4) is 0 Å². The summed E-state index contributed by atoms with van der Waals surface area (Å²) in [6.07, 6.45) is 10.5. The van der Waals surface area contributed by atoms with E-state index in [2.05, 4.69) is 22.4 Å². The van der Waals surface area contributed by atoms with Crippen LogP contribution in [0.25, 0.3) is 22.8 Å². The molecule has 8 rings (SSSR count). The number of rotatable bonds is 5. The first kappa shape index (κ1) is 25.0. The third kappa shape index (κ3) is 4.30. The third-order valence-electron chi connectivity index (χ3n) is 9.68. The molecule has 6 nitrogen and oxygen atoms in total. The predicted molar refractivity (Wildman–Crippen MR) is 155 cm³/mol. The topological polar surface area (TPSA) is 83.6 Å². The first-order chi connectivity index (χ1) is 18.9. The van der Waals surface area contributed by atoms with Crippen molar-refractivity contribution in [3.63, 3.8) is 0 Å². The van der Waals surface area contributed by atoms with E-state index in [-0.39, 0.29) is 11.0 Å². The van der Waals surface area contributed by atoms with Crippen LogP contribution in [0.15, 0.2) is 35.1 Å². The van der Waals surface area contributed by atoms with Crippen molar-refractivity contribution in [2.75, 3.05) is 27.3 Å². The van der Waals surface area contributed by atoms with E-state index in [1.54, 1.807) is 14.2 Å². The maximum atomic E-state index is 12.9. The van der Waals surface area contributed by atoms with Gasteiger partial charge >= 0.3 is 0 Å². The van der Waals surface area contributed by atoms with Crippen LogP contribution in [-0.2, 0) is 5.41 Å². The molecule has 4 aliphatic carbocycles. The number of benzene rings is 2. The first-order valence-electron chi connectivity index (χ1n) is 14.2. The highest BCUT2D eigenvalue weighted by atomic mass is 32.1. The summed E-state index contributed by atoms with van der Waals surface area (Å²) in [5.41, 5.74) is 5.12. The van der Waals surface area contributed by atoms with E-state index >= 15 is 0 Å². The van der Waals surface area contributed by atoms with Crippen molar-refractivity contribution in [3.8, 4) is 28.4 Å². The highest BCUT2D eigenvalue weighted by Crippen LogP contribution is 2.62. The summed E-state index contributed by atoms with van der Waals surface area (Å²) in [6, 6.07) is 10.00. The Bertz CT molecular complexity index is 1570. The average Bonchev–Trinajstić information content (AvgIpc) is 3.58. The van der Waals surface area contributed by atoms with Gasteiger partial charge in [0.15, 0.2) is 0 Å². The van der Waals surface area contributed by atoms with E-state index in [9.17, 15) is 9.90 Å². The number of ether oxygens (including phenoxy) is 2. The summed E-state index contributed by atoms with van der Waals surface area (Å²) in [4.78, 5) is 15.9. The van der Waals surface area contributed by atoms with Gasteiger partial charge in [-0.05, 0) is 110 Å². The lowest BCUT2D eigenvalue weighted by Gasteiger charge is -2.57. The quantitative estimate of drug-likeness (QED) is 0.447. The van der Waals surface area contributed by atoms with Gasteiger partial charge in [0.25, 0.3) is 5.56 Å². The minimum Gasteiger partial charge on any atom is -0.508 e. The second-order valence-electron chi connectivity index (χ2n) is 12.1. The largest absolute Gasteiger partial charge is 0.508 e. The SMILES string of the molecule is COc1cc(OC)c(-c2ccc(O)c(C34CC5CC(CC(C5)C3)C4)c2)cc1C=c1sc(=C2CCNC2)[nH]c1=O. The lowest BCUT2D eigenvalue weighted by molar-refractivity contribution is -0.00611. The number of phenolic OH excluding ortho intramolecular Hbond substituents is 1. The molecule has 4 bridgehead atoms. The van der Waals surface area contributed by atoms with Gasteiger partial charge in [0.05, 0.1) is 23.4 Å². The Hall–Kier alpha value is -3.03. The average molecular weight is 545 g/mol. The van der Waals surface area contributed by atoms with Crippen LogP contribution in [0.4, 0.5) is 0 Å². The Labute approximate surface area is 232 Å². The minimum atomic E-state index is -0.0810. The van der Waals surface area contributed by atoms with Crippen molar-refractivity contribution in [1.82, 2.24) is 10.3 Å². The number of methoxy groups -OCH3 is 2. The van der Waals surface area contributed by atoms with Crippen LogP contribution in [0.5, 0.6) is 17.2 Å². The molecule has 5 fully saturated rings. The molecule has 0 spiro atoms. The minimum absolute atomic E-state index is 0.0803. The van der Waals surface area contributed by atoms with Crippen LogP contribution >= 0.6 is 11.3 Å². The summed E-state index contributed by atoms with van der Waals surface area (Å²) < 4.78 is 13.2. The second kappa shape index (κ2) is 9.56. The number of H-pyrrole nitrogens is 1. The summed E-state index contributed by atoms with van der Waals surface area (Å²) in [7, 11) is 3.31. The van der Waals surface area contributed by atoms with Crippen LogP contribution < -0.4 is 29.5 Å². The molecule has 0 amide bonds. The van der Waals surface area contributed by atoms with Crippen molar-refractivity contribution in [1.29, 1.82) is 0 Å². The Balaban J connectivity index is 1.34. The number of aromatic nitrogens is 1. The van der Waals surface area contributed by atoms with Crippen LogP contribution in [0, 0.1) is 17.8 Å². The van der Waals surface area contributed by atoms with Gasteiger partial charge in [-0.15, -0.1) is 11.3 Å². The Morgan fingerprint density at radius 2 is 1.72 bits per heavy atom. The number of aromatic amines is 1. The van der Waals surface area contributed by atoms with E-state index in [0.29, 0.717) is 21.8 Å². The monoisotopic (exact) mass is 544 g/mol. The molecule has 7 heteroatoms. The lowest BCUT2D eigenvalue weighted by atomic mass is 9.48. The summed E-state index contributed by atoms with van der Waals surface area (Å²) in [5.74, 6) is 4.16. The number of aromatic hydroxyl groups is 1. The standard InChI is InChI=1S/C32H36N2O4S/c1-37-27-13-28(38-2)24(10-23(27)12-29-30(36)34-31(39-29)22-5-6-33-17-22)21-3-4-26(35)25(11-21)32-14-18-7-19(15-32)9-20(8-18)16-32/h3-4,10-13,18-20,33,35H,5-9,14-17H2,1-2H3,(H,34,36). The van der Waals surface area contributed by atoms with Gasteiger partial charge in [0, 0.05) is 29.3 Å². The predicted octanol–water partition coefficient (Wildman–Crippen LogP) is 4.27. The van der Waals surface area contributed by atoms with Gasteiger partial charge in [-0.3, -0.25) is 4.79 Å². The number of hydrogen-bond donors (Lipinski definition) is 3. The molecule has 5 aliphatic rings. The Morgan fingerprint density at radius 3 is 2.36 bits per heavy atom. The fraction of sp³-hybridized carbons (Fsp3) is 0.469. The van der Waals surface area contributed by atoms with Crippen molar-refractivity contribution in [2.24, 2.45) is 17.8 Å². The van der Waals surface area contributed by atoms with Gasteiger partial charge in [0.2, 0.25) is 0 Å². The van der Waals surface area contributed by atoms with Crippen molar-refractivity contribution < 1.29 is 14.6 Å². The van der Waals surface area contributed by atoms with Gasteiger partial charge < -0.3 is 24.9 Å². The molecule has 4 saturated carbocycles. The lowest BCUT2D eigenvalue weighted by Crippen LogP contribution is -2.48. The molecule has 2 heterocycles. The highest BCUT2D eigenvalue weighted by molar-refractivity contribution is 7.07. The van der Waals surface area contributed by atoms with E-state index in [0.717, 1.165) is 64.2 Å². The van der Waals surface area contributed by atoms with E-state index < -0.39 is 0 Å². The fourth-order valence-electron chi connectivity index (χ4n) is 8.33. The number of phenols is 1. The molecule has 2 aromatic carbocycles. The number of hydrogen-bond acceptors (Lipinski definition) is 6. The molecule has 0 unspecified atom stereocenters. The van der Waals surface area contributed by atoms with Gasteiger partial charge in [0.1, 0.15) is 17.2 Å². The molecule has 1 aliphatic heterocycles. The smallest absolute Gasteiger partial charge is 0.266 e.